The number of hydrogen-bond acceptors (Lipinski definition) is 2. The summed E-state index contributed by atoms with van der Waals surface area (Å²) in [6.45, 7) is 4.55. The number of rotatable bonds is 7. The van der Waals surface area contributed by atoms with Gasteiger partial charge in [0, 0.05) is 0 Å². The summed E-state index contributed by atoms with van der Waals surface area (Å²) in [6, 6.07) is 0. The lowest BCUT2D eigenvalue weighted by Gasteiger charge is -2.09. The number of hydrogen-bond donors (Lipinski definition) is 0. The molecule has 0 aromatic heterocycles. The van der Waals surface area contributed by atoms with E-state index in [1.54, 1.807) is 0 Å². The average molecular weight is 208 g/mol. The van der Waals surface area contributed by atoms with Crippen LogP contribution in [-0.2, 0) is 8.23 Å². The Labute approximate surface area is 77.6 Å². The highest BCUT2D eigenvalue weighted by molar-refractivity contribution is 6.42. The third-order valence-electron chi connectivity index (χ3n) is 1.65. The molecule has 0 bridgehead atoms. The summed E-state index contributed by atoms with van der Waals surface area (Å²) < 4.78 is 10.6. The van der Waals surface area contributed by atoms with Gasteiger partial charge in [0.05, 0.1) is 0 Å². The van der Waals surface area contributed by atoms with Gasteiger partial charge in [-0.15, -0.1) is 0 Å². The van der Waals surface area contributed by atoms with E-state index in [2.05, 4.69) is 13.8 Å². The predicted molar refractivity (Wildman–Crippen MR) is 58.1 cm³/mol. The zero-order valence-corrected chi connectivity index (χ0v) is 12.8. The van der Waals surface area contributed by atoms with Gasteiger partial charge in [-0.25, -0.2) is 0 Å². The molecule has 1 atom stereocenters. The summed E-state index contributed by atoms with van der Waals surface area (Å²) in [5.74, 6) is 0. The summed E-state index contributed by atoms with van der Waals surface area (Å²) in [5, 5.41) is 0. The Hall–Kier alpha value is 0.571. The molecule has 0 fully saturated rings. The van der Waals surface area contributed by atoms with Gasteiger partial charge in [0.1, 0.15) is 10.5 Å². The minimum absolute atomic E-state index is 0.237. The predicted octanol–water partition coefficient (Wildman–Crippen LogP) is -0.619. The van der Waals surface area contributed by atoms with Crippen molar-refractivity contribution >= 4 is 30.3 Å². The molecule has 0 amide bonds. The maximum absolute atomic E-state index is 5.53. The van der Waals surface area contributed by atoms with Gasteiger partial charge in [-0.1, -0.05) is 33.1 Å². The highest BCUT2D eigenvalue weighted by Crippen LogP contribution is 2.11. The fourth-order valence-electron chi connectivity index (χ4n) is 0.969. The van der Waals surface area contributed by atoms with Crippen molar-refractivity contribution in [3.05, 3.63) is 0 Å². The maximum atomic E-state index is 5.53. The largest absolute Gasteiger partial charge is 0.449 e. The molecule has 68 valence electrons. The first-order valence-electron chi connectivity index (χ1n) is 4.38. The van der Waals surface area contributed by atoms with E-state index in [4.69, 9.17) is 8.23 Å². The van der Waals surface area contributed by atoms with Gasteiger partial charge in [0.25, 0.3) is 10.0 Å². The van der Waals surface area contributed by atoms with Crippen molar-refractivity contribution in [2.24, 2.45) is 0 Å². The fourth-order valence-corrected chi connectivity index (χ4v) is 5.58. The average Bonchev–Trinajstić information content (AvgIpc) is 2.01. The van der Waals surface area contributed by atoms with Crippen molar-refractivity contribution in [3.63, 3.8) is 0 Å². The molecule has 0 aliphatic carbocycles. The van der Waals surface area contributed by atoms with E-state index >= 15 is 0 Å². The van der Waals surface area contributed by atoms with Crippen molar-refractivity contribution in [1.29, 1.82) is 0 Å². The van der Waals surface area contributed by atoms with Gasteiger partial charge in [-0.05, 0) is 5.54 Å². The third kappa shape index (κ3) is 8.48. The van der Waals surface area contributed by atoms with Gasteiger partial charge < -0.3 is 8.23 Å². The van der Waals surface area contributed by atoms with Gasteiger partial charge in [0.2, 0.25) is 0 Å². The van der Waals surface area contributed by atoms with Gasteiger partial charge >= 0.3 is 0 Å². The van der Waals surface area contributed by atoms with E-state index in [0.29, 0.717) is 0 Å². The van der Waals surface area contributed by atoms with Crippen LogP contribution >= 0.6 is 0 Å². The van der Waals surface area contributed by atoms with Gasteiger partial charge in [0.15, 0.2) is 9.76 Å². The first-order chi connectivity index (χ1) is 5.31. The molecular formula is C6H20O2Si3. The van der Waals surface area contributed by atoms with E-state index in [1.807, 2.05) is 0 Å². The zero-order chi connectivity index (χ0) is 8.53. The highest BCUT2D eigenvalue weighted by Gasteiger charge is 2.01. The quantitative estimate of drug-likeness (QED) is 0.410. The van der Waals surface area contributed by atoms with Crippen LogP contribution in [0.5, 0.6) is 0 Å². The smallest absolute Gasteiger partial charge is 0.282 e. The van der Waals surface area contributed by atoms with Crippen LogP contribution in [0.2, 0.25) is 5.54 Å². The minimum atomic E-state index is -0.521. The van der Waals surface area contributed by atoms with E-state index in [1.165, 1.54) is 19.3 Å². The molecule has 0 aliphatic rings. The second-order valence-electron chi connectivity index (χ2n) is 3.02. The highest BCUT2D eigenvalue weighted by atomic mass is 28.3. The van der Waals surface area contributed by atoms with Gasteiger partial charge in [-0.2, -0.15) is 0 Å². The van der Waals surface area contributed by atoms with Crippen molar-refractivity contribution in [2.75, 3.05) is 0 Å². The fraction of sp³-hybridized carbons (Fsp3) is 1.00. The van der Waals surface area contributed by atoms with Crippen LogP contribution in [0, 0.1) is 0 Å². The standard InChI is InChI=1S/C6H20O2Si3/c1-3-4-5-6(2)10-8-11-7-9/h6H,3-5,10-11H2,1-2,9H3. The zero-order valence-electron chi connectivity index (χ0n) is 7.93. The molecule has 0 rings (SSSR count). The van der Waals surface area contributed by atoms with Crippen LogP contribution in [0.25, 0.3) is 0 Å². The Balaban J connectivity index is 3.02. The molecule has 2 nitrogen and oxygen atoms in total. The second-order valence-corrected chi connectivity index (χ2v) is 8.93. The Morgan fingerprint density at radius 2 is 2.27 bits per heavy atom. The normalized spacial score (nSPS) is 15.8. The van der Waals surface area contributed by atoms with Crippen LogP contribution < -0.4 is 0 Å². The van der Waals surface area contributed by atoms with E-state index in [9.17, 15) is 0 Å². The lowest BCUT2D eigenvalue weighted by molar-refractivity contribution is 0.490. The van der Waals surface area contributed by atoms with Crippen molar-refractivity contribution in [3.8, 4) is 0 Å². The lowest BCUT2D eigenvalue weighted by Crippen LogP contribution is -2.10. The van der Waals surface area contributed by atoms with Crippen LogP contribution in [0.3, 0.4) is 0 Å². The second kappa shape index (κ2) is 8.67. The van der Waals surface area contributed by atoms with Crippen molar-refractivity contribution < 1.29 is 8.23 Å². The summed E-state index contributed by atoms with van der Waals surface area (Å²) in [6.07, 6.45) is 4.03. The summed E-state index contributed by atoms with van der Waals surface area (Å²) in [4.78, 5) is 0. The van der Waals surface area contributed by atoms with Crippen LogP contribution in [0.4, 0.5) is 0 Å². The molecule has 1 unspecified atom stereocenters. The summed E-state index contributed by atoms with van der Waals surface area (Å²) >= 11 is 0. The van der Waals surface area contributed by atoms with E-state index in [0.717, 1.165) is 16.0 Å². The summed E-state index contributed by atoms with van der Waals surface area (Å²) in [7, 11) is 0.104. The molecule has 0 aromatic rings. The first-order valence-corrected chi connectivity index (χ1v) is 7.74. The molecule has 5 heteroatoms. The van der Waals surface area contributed by atoms with Crippen molar-refractivity contribution in [1.82, 2.24) is 0 Å². The first kappa shape index (κ1) is 11.6. The Kier molecular flexibility index (Phi) is 9.11. The van der Waals surface area contributed by atoms with E-state index in [-0.39, 0.29) is 9.76 Å². The molecule has 0 saturated carbocycles. The molecule has 0 radical (unpaired) electrons. The topological polar surface area (TPSA) is 18.5 Å². The molecule has 0 aliphatic heterocycles. The molecule has 0 aromatic carbocycles. The maximum Gasteiger partial charge on any atom is 0.282 e. The van der Waals surface area contributed by atoms with Crippen LogP contribution in [-0.4, -0.2) is 30.3 Å². The Morgan fingerprint density at radius 3 is 2.82 bits per heavy atom. The molecule has 0 spiro atoms. The van der Waals surface area contributed by atoms with Crippen molar-refractivity contribution in [2.45, 2.75) is 38.7 Å². The van der Waals surface area contributed by atoms with Gasteiger partial charge in [-0.3, -0.25) is 0 Å². The Morgan fingerprint density at radius 1 is 1.55 bits per heavy atom. The number of unbranched alkanes of at least 4 members (excludes halogenated alkanes) is 1. The summed E-state index contributed by atoms with van der Waals surface area (Å²) in [5.41, 5.74) is 0.860. The van der Waals surface area contributed by atoms with Crippen LogP contribution in [0.15, 0.2) is 0 Å². The SMILES string of the molecule is CCCCC(C)[SiH2]O[SiH2]O[SiH3]. The Bertz CT molecular complexity index is 82.2. The molecule has 11 heavy (non-hydrogen) atoms. The molecule has 0 N–H and O–H groups in total. The lowest BCUT2D eigenvalue weighted by atomic mass is 10.2. The van der Waals surface area contributed by atoms with E-state index < -0.39 is 10.0 Å². The third-order valence-corrected chi connectivity index (χ3v) is 5.18. The minimum Gasteiger partial charge on any atom is -0.449 e. The molecule has 0 saturated heterocycles. The molecular weight excluding hydrogens is 188 g/mol. The monoisotopic (exact) mass is 208 g/mol. The molecule has 0 heterocycles. The van der Waals surface area contributed by atoms with Crippen LogP contribution in [0.1, 0.15) is 33.1 Å².